The molecule has 0 aliphatic carbocycles. The molecule has 0 unspecified atom stereocenters. The van der Waals surface area contributed by atoms with Crippen LogP contribution in [0.5, 0.6) is 0 Å². The van der Waals surface area contributed by atoms with Gasteiger partial charge in [-0.25, -0.2) is 4.98 Å². The lowest BCUT2D eigenvalue weighted by Gasteiger charge is -2.17. The Morgan fingerprint density at radius 1 is 1.12 bits per heavy atom. The summed E-state index contributed by atoms with van der Waals surface area (Å²) in [6, 6.07) is 11.5. The monoisotopic (exact) mass is 343 g/mol. The summed E-state index contributed by atoms with van der Waals surface area (Å²) in [7, 11) is 0. The van der Waals surface area contributed by atoms with E-state index < -0.39 is 0 Å². The third kappa shape index (κ3) is 5.65. The first-order valence-corrected chi connectivity index (χ1v) is 9.30. The minimum atomic E-state index is -0.133. The average Bonchev–Trinajstić information content (AvgIpc) is 2.61. The van der Waals surface area contributed by atoms with E-state index in [0.717, 1.165) is 36.1 Å². The Kier molecular flexibility index (Phi) is 7.28. The summed E-state index contributed by atoms with van der Waals surface area (Å²) in [6.45, 7) is 9.56. The zero-order chi connectivity index (χ0) is 17.4. The topological polar surface area (TPSA) is 45.2 Å². The fourth-order valence-electron chi connectivity index (χ4n) is 2.26. The Morgan fingerprint density at radius 3 is 2.42 bits per heavy atom. The normalized spacial score (nSPS) is 10.8. The van der Waals surface area contributed by atoms with Gasteiger partial charge in [0.15, 0.2) is 0 Å². The second-order valence-electron chi connectivity index (χ2n) is 5.58. The van der Waals surface area contributed by atoms with Crippen LogP contribution in [-0.2, 0) is 0 Å². The van der Waals surface area contributed by atoms with Crippen molar-refractivity contribution in [1.29, 1.82) is 0 Å². The van der Waals surface area contributed by atoms with Gasteiger partial charge in [-0.3, -0.25) is 4.79 Å². The molecule has 1 N–H and O–H groups in total. The lowest BCUT2D eigenvalue weighted by Crippen LogP contribution is -2.25. The molecule has 0 fully saturated rings. The van der Waals surface area contributed by atoms with Gasteiger partial charge in [-0.2, -0.15) is 0 Å². The van der Waals surface area contributed by atoms with Gasteiger partial charge in [0.1, 0.15) is 0 Å². The number of anilines is 1. The first-order valence-electron chi connectivity index (χ1n) is 8.31. The molecule has 2 rings (SSSR count). The minimum absolute atomic E-state index is 0.133. The van der Waals surface area contributed by atoms with Gasteiger partial charge in [0, 0.05) is 24.2 Å². The van der Waals surface area contributed by atoms with Gasteiger partial charge >= 0.3 is 0 Å². The summed E-state index contributed by atoms with van der Waals surface area (Å²) in [5, 5.41) is 3.84. The van der Waals surface area contributed by atoms with Crippen molar-refractivity contribution >= 4 is 23.4 Å². The van der Waals surface area contributed by atoms with Crippen molar-refractivity contribution in [3.05, 3.63) is 53.7 Å². The van der Waals surface area contributed by atoms with Crippen molar-refractivity contribution in [2.45, 2.75) is 25.8 Å². The Labute approximate surface area is 148 Å². The largest absolute Gasteiger partial charge is 0.322 e. The van der Waals surface area contributed by atoms with Crippen LogP contribution in [0.1, 0.15) is 29.8 Å². The van der Waals surface area contributed by atoms with Gasteiger partial charge in [0.25, 0.3) is 5.91 Å². The van der Waals surface area contributed by atoms with Crippen LogP contribution in [0.2, 0.25) is 0 Å². The molecule has 0 radical (unpaired) electrons. The molecule has 1 amide bonds. The molecule has 5 heteroatoms. The third-order valence-corrected chi connectivity index (χ3v) is 4.78. The minimum Gasteiger partial charge on any atom is -0.322 e. The standard InChI is InChI=1S/C19H25N3OS/c1-4-22(5-2)12-13-24-18-11-8-16(14-20-18)19(23)21-17-9-6-15(3)7-10-17/h6-11,14H,4-5,12-13H2,1-3H3,(H,21,23). The lowest BCUT2D eigenvalue weighted by atomic mass is 10.2. The molecule has 0 aliphatic heterocycles. The molecule has 1 aromatic carbocycles. The molecule has 24 heavy (non-hydrogen) atoms. The van der Waals surface area contributed by atoms with Gasteiger partial charge in [0.05, 0.1) is 10.6 Å². The summed E-state index contributed by atoms with van der Waals surface area (Å²) < 4.78 is 0. The van der Waals surface area contributed by atoms with Gasteiger partial charge in [-0.05, 0) is 44.3 Å². The number of aryl methyl sites for hydroxylation is 1. The summed E-state index contributed by atoms with van der Waals surface area (Å²) in [5.74, 6) is 0.870. The van der Waals surface area contributed by atoms with Crippen LogP contribution < -0.4 is 5.32 Å². The maximum absolute atomic E-state index is 12.2. The van der Waals surface area contributed by atoms with E-state index in [-0.39, 0.29) is 5.91 Å². The lowest BCUT2D eigenvalue weighted by molar-refractivity contribution is 0.102. The highest BCUT2D eigenvalue weighted by Gasteiger charge is 2.07. The maximum atomic E-state index is 12.2. The number of hydrogen-bond donors (Lipinski definition) is 1. The fourth-order valence-corrected chi connectivity index (χ4v) is 3.11. The number of carbonyl (C=O) groups excluding carboxylic acids is 1. The SMILES string of the molecule is CCN(CC)CCSc1ccc(C(=O)Nc2ccc(C)cc2)cn1. The Morgan fingerprint density at radius 2 is 1.83 bits per heavy atom. The van der Waals surface area contributed by atoms with Crippen molar-refractivity contribution in [3.63, 3.8) is 0 Å². The fraction of sp³-hybridized carbons (Fsp3) is 0.368. The highest BCUT2D eigenvalue weighted by molar-refractivity contribution is 7.99. The number of rotatable bonds is 8. The zero-order valence-corrected chi connectivity index (χ0v) is 15.4. The molecular formula is C19H25N3OS. The average molecular weight is 343 g/mol. The van der Waals surface area contributed by atoms with Crippen molar-refractivity contribution in [2.75, 3.05) is 30.7 Å². The number of nitrogens with one attached hydrogen (secondary N) is 1. The molecule has 0 atom stereocenters. The third-order valence-electron chi connectivity index (χ3n) is 3.86. The van der Waals surface area contributed by atoms with Crippen molar-refractivity contribution in [3.8, 4) is 0 Å². The van der Waals surface area contributed by atoms with E-state index >= 15 is 0 Å². The van der Waals surface area contributed by atoms with Crippen molar-refractivity contribution in [1.82, 2.24) is 9.88 Å². The van der Waals surface area contributed by atoms with Crippen LogP contribution in [0.15, 0.2) is 47.6 Å². The van der Waals surface area contributed by atoms with Crippen LogP contribution >= 0.6 is 11.8 Å². The number of aromatic nitrogens is 1. The highest BCUT2D eigenvalue weighted by Crippen LogP contribution is 2.16. The van der Waals surface area contributed by atoms with E-state index in [1.807, 2.05) is 43.3 Å². The first-order chi connectivity index (χ1) is 11.6. The molecule has 0 aliphatic rings. The molecular weight excluding hydrogens is 318 g/mol. The molecule has 4 nitrogen and oxygen atoms in total. The van der Waals surface area contributed by atoms with Crippen LogP contribution in [0, 0.1) is 6.92 Å². The van der Waals surface area contributed by atoms with Gasteiger partial charge in [0.2, 0.25) is 0 Å². The van der Waals surface area contributed by atoms with E-state index in [0.29, 0.717) is 5.56 Å². The maximum Gasteiger partial charge on any atom is 0.257 e. The number of hydrogen-bond acceptors (Lipinski definition) is 4. The van der Waals surface area contributed by atoms with E-state index in [1.165, 1.54) is 5.56 Å². The summed E-state index contributed by atoms with van der Waals surface area (Å²) >= 11 is 1.72. The van der Waals surface area contributed by atoms with Crippen LogP contribution in [0.4, 0.5) is 5.69 Å². The quantitative estimate of drug-likeness (QED) is 0.734. The molecule has 0 saturated carbocycles. The number of nitrogens with zero attached hydrogens (tertiary/aromatic N) is 2. The first kappa shape index (κ1) is 18.5. The van der Waals surface area contributed by atoms with Crippen LogP contribution in [-0.4, -0.2) is 41.2 Å². The van der Waals surface area contributed by atoms with Crippen molar-refractivity contribution < 1.29 is 4.79 Å². The van der Waals surface area contributed by atoms with E-state index in [4.69, 9.17) is 0 Å². The van der Waals surface area contributed by atoms with Gasteiger partial charge in [-0.15, -0.1) is 11.8 Å². The van der Waals surface area contributed by atoms with Gasteiger partial charge in [-0.1, -0.05) is 31.5 Å². The molecule has 0 bridgehead atoms. The molecule has 2 aromatic rings. The van der Waals surface area contributed by atoms with Crippen molar-refractivity contribution in [2.24, 2.45) is 0 Å². The van der Waals surface area contributed by atoms with E-state index in [9.17, 15) is 4.79 Å². The summed E-state index contributed by atoms with van der Waals surface area (Å²) in [4.78, 5) is 19.0. The second-order valence-corrected chi connectivity index (χ2v) is 6.70. The molecule has 0 saturated heterocycles. The highest BCUT2D eigenvalue weighted by atomic mass is 32.2. The molecule has 128 valence electrons. The van der Waals surface area contributed by atoms with E-state index in [1.54, 1.807) is 18.0 Å². The Balaban J connectivity index is 1.86. The Hall–Kier alpha value is -1.85. The smallest absolute Gasteiger partial charge is 0.257 e. The predicted molar refractivity (Wildman–Crippen MR) is 102 cm³/mol. The predicted octanol–water partition coefficient (Wildman–Crippen LogP) is 4.08. The van der Waals surface area contributed by atoms with E-state index in [2.05, 4.69) is 29.0 Å². The zero-order valence-electron chi connectivity index (χ0n) is 14.6. The molecule has 1 aromatic heterocycles. The number of carbonyl (C=O) groups is 1. The summed E-state index contributed by atoms with van der Waals surface area (Å²) in [5.41, 5.74) is 2.53. The second kappa shape index (κ2) is 9.45. The number of benzene rings is 1. The Bertz CT molecular complexity index is 637. The number of amides is 1. The molecule has 0 spiro atoms. The molecule has 1 heterocycles. The van der Waals surface area contributed by atoms with Gasteiger partial charge < -0.3 is 10.2 Å². The van der Waals surface area contributed by atoms with Crippen LogP contribution in [0.3, 0.4) is 0 Å². The number of pyridine rings is 1. The summed E-state index contributed by atoms with van der Waals surface area (Å²) in [6.07, 6.45) is 1.64. The van der Waals surface area contributed by atoms with Crippen LogP contribution in [0.25, 0.3) is 0 Å². The number of thioether (sulfide) groups is 1.